The van der Waals surface area contributed by atoms with Crippen molar-refractivity contribution in [3.63, 3.8) is 0 Å². The van der Waals surface area contributed by atoms with Gasteiger partial charge in [0.2, 0.25) is 0 Å². The summed E-state index contributed by atoms with van der Waals surface area (Å²) in [6, 6.07) is 1.86. The molecule has 4 nitrogen and oxygen atoms in total. The molecule has 0 bridgehead atoms. The Morgan fingerprint density at radius 1 is 1.53 bits per heavy atom. The van der Waals surface area contributed by atoms with E-state index in [1.165, 1.54) is 6.33 Å². The molecule has 78 valence electrons. The molecule has 3 atom stereocenters. The van der Waals surface area contributed by atoms with Gasteiger partial charge in [0.1, 0.15) is 6.33 Å². The predicted octanol–water partition coefficient (Wildman–Crippen LogP) is 1.23. The van der Waals surface area contributed by atoms with Crippen molar-refractivity contribution in [3.8, 4) is 0 Å². The second-order valence-electron chi connectivity index (χ2n) is 4.50. The molecule has 2 aliphatic carbocycles. The molecule has 1 heterocycles. The standard InChI is InChI=1S/C11H12N2O2/c14-10(15)8-2-1-7-5-11(7,8)9-3-4-12-6-13-9/h3-4,6-8H,1-2,5H2,(H,14,15). The van der Waals surface area contributed by atoms with Gasteiger partial charge in [-0.3, -0.25) is 4.79 Å². The molecule has 0 spiro atoms. The fourth-order valence-electron chi connectivity index (χ4n) is 3.16. The van der Waals surface area contributed by atoms with Gasteiger partial charge in [-0.15, -0.1) is 0 Å². The van der Waals surface area contributed by atoms with Crippen LogP contribution in [0, 0.1) is 11.8 Å². The van der Waals surface area contributed by atoms with Crippen LogP contribution in [0.4, 0.5) is 0 Å². The van der Waals surface area contributed by atoms with Gasteiger partial charge in [0.05, 0.1) is 11.6 Å². The molecule has 2 aliphatic rings. The van der Waals surface area contributed by atoms with Crippen LogP contribution in [0.5, 0.6) is 0 Å². The molecule has 0 radical (unpaired) electrons. The lowest BCUT2D eigenvalue weighted by Crippen LogP contribution is -2.26. The lowest BCUT2D eigenvalue weighted by atomic mass is 9.87. The normalized spacial score (nSPS) is 37.3. The van der Waals surface area contributed by atoms with Crippen molar-refractivity contribution in [2.75, 3.05) is 0 Å². The maximum absolute atomic E-state index is 11.2. The average Bonchev–Trinajstić information content (AvgIpc) is 2.86. The smallest absolute Gasteiger partial charge is 0.307 e. The number of carboxylic acid groups (broad SMARTS) is 1. The van der Waals surface area contributed by atoms with Crippen molar-refractivity contribution in [1.82, 2.24) is 9.97 Å². The van der Waals surface area contributed by atoms with Crippen LogP contribution in [-0.2, 0) is 10.2 Å². The Hall–Kier alpha value is -1.45. The van der Waals surface area contributed by atoms with Crippen molar-refractivity contribution in [2.24, 2.45) is 11.8 Å². The van der Waals surface area contributed by atoms with Gasteiger partial charge in [0.25, 0.3) is 0 Å². The summed E-state index contributed by atoms with van der Waals surface area (Å²) >= 11 is 0. The zero-order valence-electron chi connectivity index (χ0n) is 8.26. The van der Waals surface area contributed by atoms with Crippen LogP contribution in [0.25, 0.3) is 0 Å². The van der Waals surface area contributed by atoms with Gasteiger partial charge in [-0.25, -0.2) is 9.97 Å². The van der Waals surface area contributed by atoms with Crippen molar-refractivity contribution < 1.29 is 9.90 Å². The molecule has 15 heavy (non-hydrogen) atoms. The molecule has 1 aromatic heterocycles. The average molecular weight is 204 g/mol. The van der Waals surface area contributed by atoms with Crippen LogP contribution in [-0.4, -0.2) is 21.0 Å². The molecule has 2 fully saturated rings. The highest BCUT2D eigenvalue weighted by Crippen LogP contribution is 2.66. The highest BCUT2D eigenvalue weighted by molar-refractivity contribution is 5.74. The molecule has 0 aliphatic heterocycles. The van der Waals surface area contributed by atoms with Gasteiger partial charge in [-0.1, -0.05) is 0 Å². The topological polar surface area (TPSA) is 63.1 Å². The Kier molecular flexibility index (Phi) is 1.63. The van der Waals surface area contributed by atoms with Crippen molar-refractivity contribution in [2.45, 2.75) is 24.7 Å². The lowest BCUT2D eigenvalue weighted by Gasteiger charge is -2.18. The molecule has 0 aromatic carbocycles. The molecular weight excluding hydrogens is 192 g/mol. The highest BCUT2D eigenvalue weighted by atomic mass is 16.4. The number of hydrogen-bond acceptors (Lipinski definition) is 3. The molecule has 3 unspecified atom stereocenters. The number of nitrogens with zero attached hydrogens (tertiary/aromatic N) is 2. The first-order chi connectivity index (χ1) is 7.25. The number of fused-ring (bicyclic) bond motifs is 1. The van der Waals surface area contributed by atoms with Crippen molar-refractivity contribution in [3.05, 3.63) is 24.3 Å². The minimum atomic E-state index is -0.673. The van der Waals surface area contributed by atoms with Crippen LogP contribution in [0.1, 0.15) is 25.0 Å². The first-order valence-electron chi connectivity index (χ1n) is 5.24. The van der Waals surface area contributed by atoms with Crippen LogP contribution >= 0.6 is 0 Å². The Bertz CT molecular complexity index is 406. The molecule has 4 heteroatoms. The Morgan fingerprint density at radius 2 is 2.40 bits per heavy atom. The number of rotatable bonds is 2. The Labute approximate surface area is 87.4 Å². The van der Waals surface area contributed by atoms with Crippen LogP contribution in [0.2, 0.25) is 0 Å². The summed E-state index contributed by atoms with van der Waals surface area (Å²) in [4.78, 5) is 19.3. The first kappa shape index (κ1) is 8.83. The van der Waals surface area contributed by atoms with E-state index in [1.54, 1.807) is 6.20 Å². The van der Waals surface area contributed by atoms with E-state index in [0.29, 0.717) is 5.92 Å². The van der Waals surface area contributed by atoms with Crippen molar-refractivity contribution >= 4 is 5.97 Å². The van der Waals surface area contributed by atoms with Gasteiger partial charge in [-0.2, -0.15) is 0 Å². The summed E-state index contributed by atoms with van der Waals surface area (Å²) < 4.78 is 0. The zero-order chi connectivity index (χ0) is 10.5. The molecular formula is C11H12N2O2. The van der Waals surface area contributed by atoms with Crippen LogP contribution in [0.3, 0.4) is 0 Å². The Balaban J connectivity index is 2.02. The van der Waals surface area contributed by atoms with E-state index in [-0.39, 0.29) is 11.3 Å². The molecule has 0 saturated heterocycles. The largest absolute Gasteiger partial charge is 0.481 e. The van der Waals surface area contributed by atoms with E-state index in [9.17, 15) is 9.90 Å². The summed E-state index contributed by atoms with van der Waals surface area (Å²) in [5, 5.41) is 9.19. The fraction of sp³-hybridized carbons (Fsp3) is 0.545. The summed E-state index contributed by atoms with van der Waals surface area (Å²) in [6.07, 6.45) is 6.02. The minimum absolute atomic E-state index is 0.158. The van der Waals surface area contributed by atoms with Gasteiger partial charge >= 0.3 is 5.97 Å². The summed E-state index contributed by atoms with van der Waals surface area (Å²) in [5.41, 5.74) is 0.766. The molecule has 1 N–H and O–H groups in total. The van der Waals surface area contributed by atoms with Gasteiger partial charge in [0.15, 0.2) is 0 Å². The third kappa shape index (κ3) is 1.05. The maximum atomic E-state index is 11.2. The van der Waals surface area contributed by atoms with Gasteiger partial charge < -0.3 is 5.11 Å². The molecule has 2 saturated carbocycles. The quantitative estimate of drug-likeness (QED) is 0.787. The highest BCUT2D eigenvalue weighted by Gasteiger charge is 2.66. The number of hydrogen-bond donors (Lipinski definition) is 1. The number of carboxylic acids is 1. The SMILES string of the molecule is O=C(O)C1CCC2CC21c1ccncn1. The third-order valence-electron chi connectivity index (χ3n) is 3.94. The van der Waals surface area contributed by atoms with Gasteiger partial charge in [0, 0.05) is 11.6 Å². The van der Waals surface area contributed by atoms with E-state index < -0.39 is 5.97 Å². The molecule has 3 rings (SSSR count). The Morgan fingerprint density at radius 3 is 3.00 bits per heavy atom. The minimum Gasteiger partial charge on any atom is -0.481 e. The zero-order valence-corrected chi connectivity index (χ0v) is 8.26. The second-order valence-corrected chi connectivity index (χ2v) is 4.50. The van der Waals surface area contributed by atoms with Crippen LogP contribution in [0.15, 0.2) is 18.6 Å². The number of aliphatic carboxylic acids is 1. The number of carbonyl (C=O) groups is 1. The summed E-state index contributed by atoms with van der Waals surface area (Å²) in [7, 11) is 0. The maximum Gasteiger partial charge on any atom is 0.307 e. The van der Waals surface area contributed by atoms with E-state index in [1.807, 2.05) is 6.07 Å². The predicted molar refractivity (Wildman–Crippen MR) is 52.2 cm³/mol. The van der Waals surface area contributed by atoms with E-state index >= 15 is 0 Å². The fourth-order valence-corrected chi connectivity index (χ4v) is 3.16. The third-order valence-corrected chi connectivity index (χ3v) is 3.94. The van der Waals surface area contributed by atoms with Gasteiger partial charge in [-0.05, 0) is 31.2 Å². The van der Waals surface area contributed by atoms with Crippen molar-refractivity contribution in [1.29, 1.82) is 0 Å². The van der Waals surface area contributed by atoms with E-state index in [0.717, 1.165) is 25.0 Å². The van der Waals surface area contributed by atoms with E-state index in [4.69, 9.17) is 0 Å². The summed E-state index contributed by atoms with van der Waals surface area (Å²) in [5.74, 6) is -0.375. The molecule has 0 amide bonds. The first-order valence-corrected chi connectivity index (χ1v) is 5.24. The second kappa shape index (κ2) is 2.78. The monoisotopic (exact) mass is 204 g/mol. The van der Waals surface area contributed by atoms with E-state index in [2.05, 4.69) is 9.97 Å². The van der Waals surface area contributed by atoms with Crippen LogP contribution < -0.4 is 0 Å². The lowest BCUT2D eigenvalue weighted by molar-refractivity contribution is -0.142. The number of aromatic nitrogens is 2. The summed E-state index contributed by atoms with van der Waals surface area (Å²) in [6.45, 7) is 0. The molecule has 1 aromatic rings.